The molecule has 20 heavy (non-hydrogen) atoms. The second kappa shape index (κ2) is 6.53. The van der Waals surface area contributed by atoms with Crippen LogP contribution in [0.2, 0.25) is 0 Å². The van der Waals surface area contributed by atoms with Gasteiger partial charge in [-0.3, -0.25) is 0 Å². The number of hydrogen-bond donors (Lipinski definition) is 0. The highest BCUT2D eigenvalue weighted by molar-refractivity contribution is 5.13. The van der Waals surface area contributed by atoms with Crippen LogP contribution in [0.4, 0.5) is 0 Å². The molecule has 0 bridgehead atoms. The minimum atomic E-state index is -0.262. The van der Waals surface area contributed by atoms with Crippen molar-refractivity contribution in [1.82, 2.24) is 0 Å². The average Bonchev–Trinajstić information content (AvgIpc) is 2.95. The minimum absolute atomic E-state index is 0.262. The Kier molecular flexibility index (Phi) is 4.51. The van der Waals surface area contributed by atoms with Crippen LogP contribution < -0.4 is 0 Å². The van der Waals surface area contributed by atoms with E-state index in [2.05, 4.69) is 18.2 Å². The molecule has 3 heteroatoms. The number of rotatable bonds is 4. The fourth-order valence-electron chi connectivity index (χ4n) is 2.87. The van der Waals surface area contributed by atoms with Gasteiger partial charge >= 0.3 is 0 Å². The molecule has 3 rings (SSSR count). The Morgan fingerprint density at radius 2 is 1.75 bits per heavy atom. The van der Waals surface area contributed by atoms with E-state index in [0.717, 1.165) is 38.9 Å². The lowest BCUT2D eigenvalue weighted by Crippen LogP contribution is -2.33. The van der Waals surface area contributed by atoms with Crippen LogP contribution in [0.25, 0.3) is 0 Å². The van der Waals surface area contributed by atoms with E-state index in [1.165, 1.54) is 11.1 Å². The summed E-state index contributed by atoms with van der Waals surface area (Å²) in [7, 11) is 0. The lowest BCUT2D eigenvalue weighted by molar-refractivity contribution is -0.171. The molecule has 2 fully saturated rings. The monoisotopic (exact) mass is 274 g/mol. The van der Waals surface area contributed by atoms with Crippen LogP contribution in [-0.2, 0) is 20.8 Å². The summed E-state index contributed by atoms with van der Waals surface area (Å²) in [6, 6.07) is 10.3. The van der Waals surface area contributed by atoms with Crippen molar-refractivity contribution >= 4 is 0 Å². The maximum absolute atomic E-state index is 5.73. The quantitative estimate of drug-likeness (QED) is 0.622. The molecule has 0 radical (unpaired) electrons. The van der Waals surface area contributed by atoms with Gasteiger partial charge in [-0.25, -0.2) is 0 Å². The average molecular weight is 274 g/mol. The molecule has 0 atom stereocenters. The molecule has 0 N–H and O–H groups in total. The highest BCUT2D eigenvalue weighted by atomic mass is 16.7. The third kappa shape index (κ3) is 3.48. The molecule has 1 saturated heterocycles. The molecular formula is C17H22O3. The third-order valence-corrected chi connectivity index (χ3v) is 4.07. The maximum atomic E-state index is 5.73. The van der Waals surface area contributed by atoms with E-state index < -0.39 is 0 Å². The van der Waals surface area contributed by atoms with Crippen LogP contribution in [0, 0.1) is 0 Å². The Hall–Kier alpha value is -1.16. The lowest BCUT2D eigenvalue weighted by Gasteiger charge is -2.32. The normalized spacial score (nSPS) is 21.3. The topological polar surface area (TPSA) is 27.7 Å². The van der Waals surface area contributed by atoms with Crippen LogP contribution >= 0.6 is 0 Å². The molecule has 0 aromatic heterocycles. The van der Waals surface area contributed by atoms with Gasteiger partial charge in [0, 0.05) is 12.8 Å². The number of ether oxygens (including phenoxy) is 3. The summed E-state index contributed by atoms with van der Waals surface area (Å²) in [5.74, 6) is -0.262. The second-order valence-electron chi connectivity index (χ2n) is 5.47. The predicted octanol–water partition coefficient (Wildman–Crippen LogP) is 3.45. The van der Waals surface area contributed by atoms with Crippen molar-refractivity contribution in [2.24, 2.45) is 0 Å². The summed E-state index contributed by atoms with van der Waals surface area (Å²) in [5.41, 5.74) is 2.70. The maximum Gasteiger partial charge on any atom is 0.169 e. The Bertz CT molecular complexity index is 435. The van der Waals surface area contributed by atoms with Crippen molar-refractivity contribution in [3.8, 4) is 0 Å². The van der Waals surface area contributed by atoms with E-state index in [1.54, 1.807) is 0 Å². The first kappa shape index (κ1) is 13.8. The first-order chi connectivity index (χ1) is 9.86. The van der Waals surface area contributed by atoms with Crippen molar-refractivity contribution in [1.29, 1.82) is 0 Å². The summed E-state index contributed by atoms with van der Waals surface area (Å²) in [6.07, 6.45) is 6.32. The summed E-state index contributed by atoms with van der Waals surface area (Å²) in [6.45, 7) is 2.87. The van der Waals surface area contributed by atoms with Crippen LogP contribution in [0.1, 0.15) is 31.2 Å². The minimum Gasteiger partial charge on any atom is -0.373 e. The summed E-state index contributed by atoms with van der Waals surface area (Å²) < 4.78 is 17.2. The first-order valence-corrected chi connectivity index (χ1v) is 7.44. The largest absolute Gasteiger partial charge is 0.373 e. The van der Waals surface area contributed by atoms with Gasteiger partial charge in [0.1, 0.15) is 0 Å². The van der Waals surface area contributed by atoms with E-state index in [4.69, 9.17) is 14.2 Å². The second-order valence-corrected chi connectivity index (χ2v) is 5.47. The third-order valence-electron chi connectivity index (χ3n) is 4.07. The van der Waals surface area contributed by atoms with Crippen LogP contribution in [-0.4, -0.2) is 25.6 Å². The SMILES string of the molecule is C(COCc1ccccc1)=C1CCC2(CC1)OCCO2. The molecule has 1 aromatic rings. The summed E-state index contributed by atoms with van der Waals surface area (Å²) in [5, 5.41) is 0. The van der Waals surface area contributed by atoms with Gasteiger partial charge in [-0.2, -0.15) is 0 Å². The van der Waals surface area contributed by atoms with Gasteiger partial charge in [-0.1, -0.05) is 42.0 Å². The molecule has 1 aliphatic carbocycles. The van der Waals surface area contributed by atoms with Crippen LogP contribution in [0.15, 0.2) is 42.0 Å². The Morgan fingerprint density at radius 3 is 2.45 bits per heavy atom. The molecule has 1 heterocycles. The number of allylic oxidation sites excluding steroid dienone is 1. The Labute approximate surface area is 120 Å². The number of benzene rings is 1. The van der Waals surface area contributed by atoms with Gasteiger partial charge in [0.2, 0.25) is 0 Å². The molecular weight excluding hydrogens is 252 g/mol. The van der Waals surface area contributed by atoms with Gasteiger partial charge in [-0.15, -0.1) is 0 Å². The van der Waals surface area contributed by atoms with Gasteiger partial charge in [0.05, 0.1) is 26.4 Å². The van der Waals surface area contributed by atoms with Crippen molar-refractivity contribution in [2.45, 2.75) is 38.1 Å². The van der Waals surface area contributed by atoms with Crippen molar-refractivity contribution < 1.29 is 14.2 Å². The Morgan fingerprint density at radius 1 is 1.05 bits per heavy atom. The van der Waals surface area contributed by atoms with Gasteiger partial charge in [-0.05, 0) is 18.4 Å². The lowest BCUT2D eigenvalue weighted by atomic mass is 9.89. The van der Waals surface area contributed by atoms with Crippen molar-refractivity contribution in [3.05, 3.63) is 47.5 Å². The molecule has 1 aliphatic heterocycles. The van der Waals surface area contributed by atoms with Crippen molar-refractivity contribution in [3.63, 3.8) is 0 Å². The zero-order valence-corrected chi connectivity index (χ0v) is 11.8. The van der Waals surface area contributed by atoms with Crippen LogP contribution in [0.3, 0.4) is 0 Å². The van der Waals surface area contributed by atoms with Gasteiger partial charge < -0.3 is 14.2 Å². The molecule has 0 unspecified atom stereocenters. The van der Waals surface area contributed by atoms with E-state index >= 15 is 0 Å². The van der Waals surface area contributed by atoms with Gasteiger partial charge in [0.25, 0.3) is 0 Å². The van der Waals surface area contributed by atoms with E-state index in [-0.39, 0.29) is 5.79 Å². The van der Waals surface area contributed by atoms with E-state index in [0.29, 0.717) is 13.2 Å². The summed E-state index contributed by atoms with van der Waals surface area (Å²) in [4.78, 5) is 0. The highest BCUT2D eigenvalue weighted by Gasteiger charge is 2.38. The zero-order valence-electron chi connectivity index (χ0n) is 11.8. The smallest absolute Gasteiger partial charge is 0.169 e. The zero-order chi connectivity index (χ0) is 13.7. The highest BCUT2D eigenvalue weighted by Crippen LogP contribution is 2.37. The number of hydrogen-bond acceptors (Lipinski definition) is 3. The van der Waals surface area contributed by atoms with E-state index in [9.17, 15) is 0 Å². The van der Waals surface area contributed by atoms with E-state index in [1.807, 2.05) is 18.2 Å². The molecule has 0 amide bonds. The summed E-state index contributed by atoms with van der Waals surface area (Å²) >= 11 is 0. The fraction of sp³-hybridized carbons (Fsp3) is 0.529. The molecule has 1 saturated carbocycles. The standard InChI is InChI=1S/C17H22O3/c1-2-4-16(5-3-1)14-18-11-8-15-6-9-17(10-7-15)19-12-13-20-17/h1-5,8H,6-7,9-14H2. The molecule has 2 aliphatic rings. The van der Waals surface area contributed by atoms with Crippen molar-refractivity contribution in [2.75, 3.05) is 19.8 Å². The molecule has 1 aromatic carbocycles. The molecule has 3 nitrogen and oxygen atoms in total. The Balaban J connectivity index is 1.40. The first-order valence-electron chi connectivity index (χ1n) is 7.44. The fourth-order valence-corrected chi connectivity index (χ4v) is 2.87. The van der Waals surface area contributed by atoms with Crippen LogP contribution in [0.5, 0.6) is 0 Å². The molecule has 1 spiro atoms. The van der Waals surface area contributed by atoms with Gasteiger partial charge in [0.15, 0.2) is 5.79 Å². The molecule has 108 valence electrons. The predicted molar refractivity (Wildman–Crippen MR) is 77.3 cm³/mol.